The molecule has 0 spiro atoms. The lowest BCUT2D eigenvalue weighted by molar-refractivity contribution is -0.132. The molecule has 9 heteroatoms. The van der Waals surface area contributed by atoms with Crippen LogP contribution in [0.25, 0.3) is 0 Å². The Kier molecular flexibility index (Phi) is 7.01. The molecular formula is C22H28ClN3O4S. The fourth-order valence-corrected chi connectivity index (χ4v) is 5.30. The van der Waals surface area contributed by atoms with Crippen LogP contribution in [0.15, 0.2) is 42.5 Å². The Balaban J connectivity index is 1.78. The molecule has 0 saturated carbocycles. The number of methoxy groups -OCH3 is 1. The van der Waals surface area contributed by atoms with Crippen molar-refractivity contribution in [1.82, 2.24) is 4.90 Å². The lowest BCUT2D eigenvalue weighted by Gasteiger charge is -2.39. The van der Waals surface area contributed by atoms with Gasteiger partial charge in [0.1, 0.15) is 11.8 Å². The highest BCUT2D eigenvalue weighted by atomic mass is 35.5. The number of para-hydroxylation sites is 2. The molecule has 31 heavy (non-hydrogen) atoms. The van der Waals surface area contributed by atoms with Gasteiger partial charge in [-0.2, -0.15) is 0 Å². The van der Waals surface area contributed by atoms with E-state index in [1.54, 1.807) is 44.1 Å². The maximum atomic E-state index is 13.3. The maximum Gasteiger partial charge on any atom is 0.246 e. The summed E-state index contributed by atoms with van der Waals surface area (Å²) in [6.45, 7) is 5.67. The Morgan fingerprint density at radius 2 is 1.77 bits per heavy atom. The van der Waals surface area contributed by atoms with Crippen LogP contribution in [0, 0.1) is 6.92 Å². The summed E-state index contributed by atoms with van der Waals surface area (Å²) in [5, 5.41) is 0.416. The number of piperazine rings is 1. The van der Waals surface area contributed by atoms with E-state index in [1.165, 1.54) is 4.31 Å². The van der Waals surface area contributed by atoms with Crippen molar-refractivity contribution >= 4 is 38.9 Å². The van der Waals surface area contributed by atoms with Gasteiger partial charge in [-0.25, -0.2) is 8.42 Å². The zero-order chi connectivity index (χ0) is 22.8. The van der Waals surface area contributed by atoms with Gasteiger partial charge in [0.25, 0.3) is 0 Å². The van der Waals surface area contributed by atoms with Gasteiger partial charge in [-0.1, -0.05) is 29.8 Å². The quantitative estimate of drug-likeness (QED) is 0.655. The third-order valence-electron chi connectivity index (χ3n) is 5.49. The average Bonchev–Trinajstić information content (AvgIpc) is 2.75. The predicted molar refractivity (Wildman–Crippen MR) is 125 cm³/mol. The number of halogens is 1. The van der Waals surface area contributed by atoms with Crippen LogP contribution in [0.4, 0.5) is 11.4 Å². The van der Waals surface area contributed by atoms with Crippen molar-refractivity contribution in [2.45, 2.75) is 19.9 Å². The first kappa shape index (κ1) is 23.2. The van der Waals surface area contributed by atoms with Crippen LogP contribution in [0.1, 0.15) is 12.5 Å². The number of hydrogen-bond donors (Lipinski definition) is 0. The normalized spacial score (nSPS) is 15.5. The number of carbonyl (C=O) groups is 1. The van der Waals surface area contributed by atoms with Crippen molar-refractivity contribution in [2.75, 3.05) is 48.7 Å². The van der Waals surface area contributed by atoms with Crippen molar-refractivity contribution in [3.05, 3.63) is 53.1 Å². The van der Waals surface area contributed by atoms with Crippen molar-refractivity contribution in [3.63, 3.8) is 0 Å². The van der Waals surface area contributed by atoms with Gasteiger partial charge in [-0.05, 0) is 43.7 Å². The first-order valence-corrected chi connectivity index (χ1v) is 12.3. The highest BCUT2D eigenvalue weighted by molar-refractivity contribution is 7.92. The molecule has 1 atom stereocenters. The molecule has 0 aromatic heterocycles. The summed E-state index contributed by atoms with van der Waals surface area (Å²) < 4.78 is 31.9. The van der Waals surface area contributed by atoms with Crippen LogP contribution in [0.3, 0.4) is 0 Å². The van der Waals surface area contributed by atoms with Crippen LogP contribution >= 0.6 is 11.6 Å². The van der Waals surface area contributed by atoms with Gasteiger partial charge < -0.3 is 14.5 Å². The second kappa shape index (κ2) is 9.36. The summed E-state index contributed by atoms with van der Waals surface area (Å²) in [7, 11) is -2.07. The molecule has 1 aliphatic heterocycles. The molecule has 0 N–H and O–H groups in total. The molecule has 1 amide bonds. The zero-order valence-corrected chi connectivity index (χ0v) is 19.8. The fourth-order valence-electron chi connectivity index (χ4n) is 3.92. The molecule has 168 valence electrons. The second-order valence-electron chi connectivity index (χ2n) is 7.65. The average molecular weight is 466 g/mol. The van der Waals surface area contributed by atoms with Crippen molar-refractivity contribution in [2.24, 2.45) is 0 Å². The molecule has 1 saturated heterocycles. The van der Waals surface area contributed by atoms with Crippen molar-refractivity contribution in [3.8, 4) is 5.75 Å². The molecule has 7 nitrogen and oxygen atoms in total. The Morgan fingerprint density at radius 1 is 1.13 bits per heavy atom. The lowest BCUT2D eigenvalue weighted by Crippen LogP contribution is -2.55. The number of rotatable bonds is 6. The molecule has 2 aromatic rings. The number of benzene rings is 2. The van der Waals surface area contributed by atoms with E-state index in [2.05, 4.69) is 4.90 Å². The van der Waals surface area contributed by atoms with E-state index in [9.17, 15) is 13.2 Å². The van der Waals surface area contributed by atoms with Gasteiger partial charge in [-0.15, -0.1) is 0 Å². The third-order valence-corrected chi connectivity index (χ3v) is 6.95. The Bertz CT molecular complexity index is 1050. The molecule has 1 heterocycles. The molecule has 0 bridgehead atoms. The van der Waals surface area contributed by atoms with Gasteiger partial charge in [-0.3, -0.25) is 9.10 Å². The van der Waals surface area contributed by atoms with Crippen molar-refractivity contribution in [1.29, 1.82) is 0 Å². The number of anilines is 2. The van der Waals surface area contributed by atoms with E-state index in [-0.39, 0.29) is 5.91 Å². The number of nitrogens with zero attached hydrogens (tertiary/aromatic N) is 3. The summed E-state index contributed by atoms with van der Waals surface area (Å²) in [6, 6.07) is 11.9. The number of sulfonamides is 1. The molecule has 0 unspecified atom stereocenters. The zero-order valence-electron chi connectivity index (χ0n) is 18.2. The van der Waals surface area contributed by atoms with E-state index >= 15 is 0 Å². The fraction of sp³-hybridized carbons (Fsp3) is 0.409. The molecule has 1 fully saturated rings. The minimum absolute atomic E-state index is 0.232. The number of amides is 1. The van der Waals surface area contributed by atoms with Gasteiger partial charge in [0.05, 0.1) is 24.7 Å². The topological polar surface area (TPSA) is 70.2 Å². The van der Waals surface area contributed by atoms with Crippen LogP contribution in [-0.4, -0.2) is 64.8 Å². The molecule has 0 radical (unpaired) electrons. The van der Waals surface area contributed by atoms with Gasteiger partial charge in [0, 0.05) is 31.2 Å². The third kappa shape index (κ3) is 5.07. The maximum absolute atomic E-state index is 13.3. The highest BCUT2D eigenvalue weighted by Gasteiger charge is 2.34. The standard InChI is InChI=1S/C22H28ClN3O4S/c1-16-9-10-18(23)15-20(16)26(31(4,28)29)17(2)22(27)25-13-11-24(12-14-25)19-7-5-6-8-21(19)30-3/h5-10,15,17H,11-14H2,1-4H3/t17-/m0/s1. The summed E-state index contributed by atoms with van der Waals surface area (Å²) in [4.78, 5) is 17.2. The van der Waals surface area contributed by atoms with Gasteiger partial charge >= 0.3 is 0 Å². The van der Waals surface area contributed by atoms with Crippen LogP contribution in [-0.2, 0) is 14.8 Å². The molecular weight excluding hydrogens is 438 g/mol. The predicted octanol–water partition coefficient (Wildman–Crippen LogP) is 3.16. The number of aryl methyl sites for hydroxylation is 1. The minimum Gasteiger partial charge on any atom is -0.495 e. The molecule has 3 rings (SSSR count). The second-order valence-corrected chi connectivity index (χ2v) is 9.95. The van der Waals surface area contributed by atoms with E-state index in [1.807, 2.05) is 24.3 Å². The molecule has 0 aliphatic carbocycles. The Labute approximate surface area is 189 Å². The molecule has 1 aliphatic rings. The first-order valence-electron chi connectivity index (χ1n) is 10.1. The number of ether oxygens (including phenoxy) is 1. The number of hydrogen-bond acceptors (Lipinski definition) is 5. The highest BCUT2D eigenvalue weighted by Crippen LogP contribution is 2.30. The van der Waals surface area contributed by atoms with E-state index in [0.29, 0.717) is 36.9 Å². The van der Waals surface area contributed by atoms with Crippen LogP contribution in [0.2, 0.25) is 5.02 Å². The van der Waals surface area contributed by atoms with E-state index < -0.39 is 16.1 Å². The molecule has 2 aromatic carbocycles. The summed E-state index contributed by atoms with van der Waals surface area (Å²) in [5.41, 5.74) is 2.14. The van der Waals surface area contributed by atoms with Gasteiger partial charge in [0.2, 0.25) is 15.9 Å². The van der Waals surface area contributed by atoms with E-state index in [0.717, 1.165) is 23.3 Å². The Hall–Kier alpha value is -2.45. The summed E-state index contributed by atoms with van der Waals surface area (Å²) in [6.07, 6.45) is 1.11. The Morgan fingerprint density at radius 3 is 2.39 bits per heavy atom. The van der Waals surface area contributed by atoms with Crippen LogP contribution < -0.4 is 13.9 Å². The smallest absolute Gasteiger partial charge is 0.246 e. The lowest BCUT2D eigenvalue weighted by atomic mass is 10.1. The first-order chi connectivity index (χ1) is 14.6. The monoisotopic (exact) mass is 465 g/mol. The van der Waals surface area contributed by atoms with E-state index in [4.69, 9.17) is 16.3 Å². The van der Waals surface area contributed by atoms with Crippen molar-refractivity contribution < 1.29 is 17.9 Å². The van der Waals surface area contributed by atoms with Crippen LogP contribution in [0.5, 0.6) is 5.75 Å². The SMILES string of the molecule is COc1ccccc1N1CCN(C(=O)[C@H](C)N(c2cc(Cl)ccc2C)S(C)(=O)=O)CC1. The summed E-state index contributed by atoms with van der Waals surface area (Å²) >= 11 is 6.11. The summed E-state index contributed by atoms with van der Waals surface area (Å²) in [5.74, 6) is 0.555. The number of carbonyl (C=O) groups excluding carboxylic acids is 1. The van der Waals surface area contributed by atoms with Gasteiger partial charge in [0.15, 0.2) is 0 Å². The largest absolute Gasteiger partial charge is 0.495 e. The minimum atomic E-state index is -3.70.